The number of benzene rings is 1. The molecule has 0 spiro atoms. The van der Waals surface area contributed by atoms with E-state index in [9.17, 15) is 14.3 Å². The lowest BCUT2D eigenvalue weighted by atomic mass is 10.0. The highest BCUT2D eigenvalue weighted by Gasteiger charge is 2.33. The molecule has 0 saturated carbocycles. The van der Waals surface area contributed by atoms with Gasteiger partial charge in [0.25, 0.3) is 5.56 Å². The minimum absolute atomic E-state index is 0.140. The highest BCUT2D eigenvalue weighted by molar-refractivity contribution is 5.51. The van der Waals surface area contributed by atoms with Gasteiger partial charge in [0.2, 0.25) is 0 Å². The lowest BCUT2D eigenvalue weighted by molar-refractivity contribution is 0.194. The molecule has 5 nitrogen and oxygen atoms in total. The summed E-state index contributed by atoms with van der Waals surface area (Å²) in [5, 5.41) is 10.1. The first-order valence-electron chi connectivity index (χ1n) is 7.80. The third kappa shape index (κ3) is 2.55. The van der Waals surface area contributed by atoms with Crippen LogP contribution < -0.4 is 10.5 Å². The van der Waals surface area contributed by atoms with Crippen molar-refractivity contribution in [1.29, 1.82) is 0 Å². The molecule has 24 heavy (non-hydrogen) atoms. The van der Waals surface area contributed by atoms with Crippen LogP contribution in [0.1, 0.15) is 18.0 Å². The molecule has 1 fully saturated rings. The Labute approximate surface area is 137 Å². The topological polar surface area (TPSA) is 57.8 Å². The van der Waals surface area contributed by atoms with E-state index >= 15 is 0 Å². The molecule has 122 valence electrons. The van der Waals surface area contributed by atoms with Crippen LogP contribution in [0.25, 0.3) is 5.65 Å². The second kappa shape index (κ2) is 5.72. The largest absolute Gasteiger partial charge is 0.391 e. The molecule has 1 aromatic carbocycles. The first kappa shape index (κ1) is 14.8. The number of β-amino-alcohol motifs (C(OH)–C–C–N with tert-alkyl or cyclic N) is 1. The highest BCUT2D eigenvalue weighted by atomic mass is 19.1. The lowest BCUT2D eigenvalue weighted by Gasteiger charge is -2.25. The zero-order chi connectivity index (χ0) is 16.7. The number of aliphatic hydroxyl groups is 1. The summed E-state index contributed by atoms with van der Waals surface area (Å²) in [6.45, 7) is 0.386. The van der Waals surface area contributed by atoms with Crippen LogP contribution in [0, 0.1) is 5.82 Å². The molecule has 1 aliphatic heterocycles. The van der Waals surface area contributed by atoms with Gasteiger partial charge in [-0.3, -0.25) is 9.20 Å². The molecule has 3 heterocycles. The van der Waals surface area contributed by atoms with Gasteiger partial charge in [0, 0.05) is 18.8 Å². The van der Waals surface area contributed by atoms with Crippen molar-refractivity contribution in [3.05, 3.63) is 76.5 Å². The third-order valence-corrected chi connectivity index (χ3v) is 4.39. The molecule has 0 unspecified atom stereocenters. The van der Waals surface area contributed by atoms with E-state index in [1.807, 2.05) is 11.0 Å². The van der Waals surface area contributed by atoms with Crippen LogP contribution in [-0.2, 0) is 0 Å². The zero-order valence-corrected chi connectivity index (χ0v) is 12.8. The molecular weight excluding hydrogens is 309 g/mol. The van der Waals surface area contributed by atoms with Gasteiger partial charge >= 0.3 is 0 Å². The van der Waals surface area contributed by atoms with Crippen LogP contribution in [0.5, 0.6) is 0 Å². The summed E-state index contributed by atoms with van der Waals surface area (Å²) in [4.78, 5) is 18.8. The number of aliphatic hydroxyl groups excluding tert-OH is 1. The van der Waals surface area contributed by atoms with E-state index in [4.69, 9.17) is 0 Å². The molecule has 6 heteroatoms. The Morgan fingerprint density at radius 2 is 1.96 bits per heavy atom. The van der Waals surface area contributed by atoms with Crippen LogP contribution >= 0.6 is 0 Å². The Kier molecular flexibility index (Phi) is 3.54. The van der Waals surface area contributed by atoms with Crippen LogP contribution in [-0.4, -0.2) is 27.1 Å². The number of nitrogens with zero attached hydrogens (tertiary/aromatic N) is 3. The molecule has 1 aliphatic rings. The normalized spacial score (nSPS) is 20.7. The maximum atomic E-state index is 13.2. The second-order valence-electron chi connectivity index (χ2n) is 5.99. The van der Waals surface area contributed by atoms with E-state index in [0.717, 1.165) is 5.56 Å². The molecule has 2 aromatic heterocycles. The molecule has 3 aromatic rings. The first-order chi connectivity index (χ1) is 11.6. The number of pyridine rings is 1. The van der Waals surface area contributed by atoms with Gasteiger partial charge in [0.1, 0.15) is 17.3 Å². The van der Waals surface area contributed by atoms with Crippen molar-refractivity contribution in [2.75, 3.05) is 11.4 Å². The predicted octanol–water partition coefficient (Wildman–Crippen LogP) is 2.15. The van der Waals surface area contributed by atoms with E-state index in [2.05, 4.69) is 4.98 Å². The van der Waals surface area contributed by atoms with Gasteiger partial charge in [-0.05, 0) is 36.2 Å². The van der Waals surface area contributed by atoms with Gasteiger partial charge in [0.05, 0.1) is 12.1 Å². The van der Waals surface area contributed by atoms with Crippen molar-refractivity contribution in [2.45, 2.75) is 18.6 Å². The second-order valence-corrected chi connectivity index (χ2v) is 5.99. The SMILES string of the molecule is O=c1cc(N2C[C@H](O)C[C@@H]2c2ccc(F)cc2)nc2ccccn12. The number of halogens is 1. The number of aromatic nitrogens is 2. The first-order valence-corrected chi connectivity index (χ1v) is 7.80. The molecule has 0 bridgehead atoms. The minimum atomic E-state index is -0.518. The van der Waals surface area contributed by atoms with Gasteiger partial charge < -0.3 is 10.0 Å². The van der Waals surface area contributed by atoms with Crippen molar-refractivity contribution >= 4 is 11.5 Å². The smallest absolute Gasteiger partial charge is 0.259 e. The third-order valence-electron chi connectivity index (χ3n) is 4.39. The average Bonchev–Trinajstić information content (AvgIpc) is 2.97. The van der Waals surface area contributed by atoms with E-state index in [1.54, 1.807) is 30.5 Å². The summed E-state index contributed by atoms with van der Waals surface area (Å²) in [6.07, 6.45) is 1.67. The average molecular weight is 325 g/mol. The van der Waals surface area contributed by atoms with E-state index in [0.29, 0.717) is 24.4 Å². The fraction of sp³-hybridized carbons (Fsp3) is 0.222. The Balaban J connectivity index is 1.79. The van der Waals surface area contributed by atoms with Crippen molar-refractivity contribution in [3.63, 3.8) is 0 Å². The van der Waals surface area contributed by atoms with E-state index in [-0.39, 0.29) is 17.4 Å². The summed E-state index contributed by atoms with van der Waals surface area (Å²) < 4.78 is 14.7. The Hall–Kier alpha value is -2.73. The Bertz CT molecular complexity index is 939. The van der Waals surface area contributed by atoms with Crippen molar-refractivity contribution in [2.24, 2.45) is 0 Å². The molecule has 1 N–H and O–H groups in total. The molecular formula is C18H16FN3O2. The van der Waals surface area contributed by atoms with Gasteiger partial charge in [-0.15, -0.1) is 0 Å². The fourth-order valence-electron chi connectivity index (χ4n) is 3.26. The summed E-state index contributed by atoms with van der Waals surface area (Å²) >= 11 is 0. The monoisotopic (exact) mass is 325 g/mol. The van der Waals surface area contributed by atoms with Crippen LogP contribution in [0.15, 0.2) is 59.5 Å². The molecule has 0 aliphatic carbocycles. The molecule has 2 atom stereocenters. The molecule has 4 rings (SSSR count). The van der Waals surface area contributed by atoms with Crippen molar-refractivity contribution in [3.8, 4) is 0 Å². The predicted molar refractivity (Wildman–Crippen MR) is 88.6 cm³/mol. The maximum Gasteiger partial charge on any atom is 0.259 e. The van der Waals surface area contributed by atoms with Crippen LogP contribution in [0.3, 0.4) is 0 Å². The summed E-state index contributed by atoms with van der Waals surface area (Å²) in [5.74, 6) is 0.225. The Morgan fingerprint density at radius 1 is 1.17 bits per heavy atom. The molecule has 1 saturated heterocycles. The number of fused-ring (bicyclic) bond motifs is 1. The summed E-state index contributed by atoms with van der Waals surface area (Å²) in [6, 6.07) is 12.9. The van der Waals surface area contributed by atoms with Gasteiger partial charge in [-0.25, -0.2) is 9.37 Å². The van der Waals surface area contributed by atoms with Gasteiger partial charge in [-0.2, -0.15) is 0 Å². The molecule has 0 radical (unpaired) electrons. The van der Waals surface area contributed by atoms with Crippen molar-refractivity contribution < 1.29 is 9.50 Å². The minimum Gasteiger partial charge on any atom is -0.391 e. The molecule has 0 amide bonds. The standard InChI is InChI=1S/C18H16FN3O2/c19-13-6-4-12(5-7-13)15-9-14(23)11-22(15)17-10-18(24)21-8-2-1-3-16(21)20-17/h1-8,10,14-15,23H,9,11H2/t14-,15-/m1/s1. The number of anilines is 1. The van der Waals surface area contributed by atoms with Gasteiger partial charge in [-0.1, -0.05) is 18.2 Å². The van der Waals surface area contributed by atoms with Crippen molar-refractivity contribution in [1.82, 2.24) is 9.38 Å². The highest BCUT2D eigenvalue weighted by Crippen LogP contribution is 2.35. The lowest BCUT2D eigenvalue weighted by Crippen LogP contribution is -2.27. The number of hydrogen-bond acceptors (Lipinski definition) is 4. The van der Waals surface area contributed by atoms with Crippen LogP contribution in [0.2, 0.25) is 0 Å². The fourth-order valence-corrected chi connectivity index (χ4v) is 3.26. The van der Waals surface area contributed by atoms with E-state index < -0.39 is 6.10 Å². The zero-order valence-electron chi connectivity index (χ0n) is 12.8. The summed E-state index contributed by atoms with van der Waals surface area (Å²) in [7, 11) is 0. The van der Waals surface area contributed by atoms with Gasteiger partial charge in [0.15, 0.2) is 0 Å². The Morgan fingerprint density at radius 3 is 2.75 bits per heavy atom. The summed E-state index contributed by atoms with van der Waals surface area (Å²) in [5.41, 5.74) is 1.28. The van der Waals surface area contributed by atoms with E-state index in [1.165, 1.54) is 22.6 Å². The maximum absolute atomic E-state index is 13.2. The number of rotatable bonds is 2. The number of hydrogen-bond donors (Lipinski definition) is 1. The quantitative estimate of drug-likeness (QED) is 0.784. The van der Waals surface area contributed by atoms with Crippen LogP contribution in [0.4, 0.5) is 10.2 Å².